The summed E-state index contributed by atoms with van der Waals surface area (Å²) in [5, 5.41) is 1.74. The molecule has 9 rings (SSSR count). The molecule has 0 bridgehead atoms. The van der Waals surface area contributed by atoms with Crippen molar-refractivity contribution in [2.45, 2.75) is 9.79 Å². The highest BCUT2D eigenvalue weighted by atomic mass is 32.2. The normalized spacial score (nSPS) is 13.1. The number of aromatic nitrogens is 2. The number of nitrogens with zero attached hydrogens (tertiary/aromatic N) is 2. The molecule has 5 nitrogen and oxygen atoms in total. The van der Waals surface area contributed by atoms with E-state index in [4.69, 9.17) is 14.4 Å². The predicted octanol–water partition coefficient (Wildman–Crippen LogP) is 9.86. The molecule has 0 unspecified atom stereocenters. The minimum Gasteiger partial charge on any atom is -0.438 e. The van der Waals surface area contributed by atoms with E-state index < -0.39 is 9.84 Å². The highest BCUT2D eigenvalue weighted by Gasteiger charge is 2.34. The fourth-order valence-electron chi connectivity index (χ4n) is 6.42. The second-order valence-electron chi connectivity index (χ2n) is 11.4. The third kappa shape index (κ3) is 4.11. The molecule has 3 heterocycles. The van der Waals surface area contributed by atoms with Crippen LogP contribution in [0.3, 0.4) is 0 Å². The lowest BCUT2D eigenvalue weighted by atomic mass is 9.99. The Morgan fingerprint density at radius 1 is 0.478 bits per heavy atom. The van der Waals surface area contributed by atoms with Crippen molar-refractivity contribution >= 4 is 31.9 Å². The fraction of sp³-hybridized carbons (Fsp3) is 0. The Labute approximate surface area is 265 Å². The molecule has 0 aliphatic carbocycles. The maximum Gasteiger partial charge on any atom is 0.231 e. The monoisotopic (exact) mass is 612 g/mol. The molecular formula is C40H24N2O3S. The topological polar surface area (TPSA) is 73.1 Å². The highest BCUT2D eigenvalue weighted by Crippen LogP contribution is 2.46. The number of furan rings is 1. The SMILES string of the molecule is O=S1(=O)c2cc(-c3ccccc3)ccc2-c2ccc(-c3nc(-c4ccccc4)c4c(n3)oc3ccc(-c5ccccc5)cc34)cc21. The van der Waals surface area contributed by atoms with Crippen LogP contribution in [0.25, 0.3) is 78.1 Å². The lowest BCUT2D eigenvalue weighted by Crippen LogP contribution is -1.99. The third-order valence-corrected chi connectivity index (χ3v) is 10.5. The largest absolute Gasteiger partial charge is 0.438 e. The van der Waals surface area contributed by atoms with E-state index in [-0.39, 0.29) is 4.90 Å². The Morgan fingerprint density at radius 2 is 1.00 bits per heavy atom. The van der Waals surface area contributed by atoms with Gasteiger partial charge in [-0.3, -0.25) is 0 Å². The zero-order chi connectivity index (χ0) is 30.8. The fourth-order valence-corrected chi connectivity index (χ4v) is 8.16. The zero-order valence-electron chi connectivity index (χ0n) is 24.4. The van der Waals surface area contributed by atoms with Gasteiger partial charge in [-0.1, -0.05) is 121 Å². The van der Waals surface area contributed by atoms with E-state index in [0.717, 1.165) is 44.3 Å². The molecule has 6 aromatic carbocycles. The molecule has 0 saturated heterocycles. The van der Waals surface area contributed by atoms with Crippen LogP contribution in [0, 0.1) is 0 Å². The molecule has 2 aromatic heterocycles. The molecule has 218 valence electrons. The molecule has 1 aliphatic heterocycles. The van der Waals surface area contributed by atoms with E-state index >= 15 is 0 Å². The molecule has 46 heavy (non-hydrogen) atoms. The molecule has 0 fully saturated rings. The standard InChI is InChI=1S/C40H24N2O3S/c43-46(44)35-23-29(26-12-6-2-7-13-26)16-19-31(35)32-20-17-30(24-36(32)46)39-41-38(27-14-8-3-9-15-27)37-33-22-28(25-10-4-1-5-11-25)18-21-34(33)45-40(37)42-39/h1-24H. The number of hydrogen-bond acceptors (Lipinski definition) is 5. The van der Waals surface area contributed by atoms with E-state index in [9.17, 15) is 8.42 Å². The van der Waals surface area contributed by atoms with Gasteiger partial charge in [-0.05, 0) is 46.5 Å². The average Bonchev–Trinajstić information content (AvgIpc) is 3.60. The van der Waals surface area contributed by atoms with Gasteiger partial charge in [0, 0.05) is 27.6 Å². The van der Waals surface area contributed by atoms with Crippen LogP contribution in [0.5, 0.6) is 0 Å². The summed E-state index contributed by atoms with van der Waals surface area (Å²) >= 11 is 0. The van der Waals surface area contributed by atoms with Crippen LogP contribution in [0.15, 0.2) is 160 Å². The maximum absolute atomic E-state index is 14.0. The number of benzene rings is 6. The zero-order valence-corrected chi connectivity index (χ0v) is 25.2. The summed E-state index contributed by atoms with van der Waals surface area (Å²) in [4.78, 5) is 10.5. The van der Waals surface area contributed by atoms with E-state index in [2.05, 4.69) is 18.2 Å². The van der Waals surface area contributed by atoms with Gasteiger partial charge in [0.2, 0.25) is 15.6 Å². The summed E-state index contributed by atoms with van der Waals surface area (Å²) in [5.74, 6) is 0.396. The van der Waals surface area contributed by atoms with Gasteiger partial charge in [0.1, 0.15) is 5.58 Å². The second kappa shape index (κ2) is 10.1. The Hall–Kier alpha value is -5.85. The first-order chi connectivity index (χ1) is 22.5. The van der Waals surface area contributed by atoms with Crippen LogP contribution in [0.1, 0.15) is 0 Å². The van der Waals surface area contributed by atoms with Crippen LogP contribution in [-0.2, 0) is 9.84 Å². The molecule has 0 N–H and O–H groups in total. The molecule has 0 atom stereocenters. The Morgan fingerprint density at radius 3 is 1.63 bits per heavy atom. The summed E-state index contributed by atoms with van der Waals surface area (Å²) < 4.78 is 34.2. The molecule has 1 aliphatic rings. The summed E-state index contributed by atoms with van der Waals surface area (Å²) in [6.45, 7) is 0. The smallest absolute Gasteiger partial charge is 0.231 e. The highest BCUT2D eigenvalue weighted by molar-refractivity contribution is 7.92. The van der Waals surface area contributed by atoms with E-state index in [1.54, 1.807) is 12.1 Å². The van der Waals surface area contributed by atoms with Crippen LogP contribution >= 0.6 is 0 Å². The molecule has 6 heteroatoms. The second-order valence-corrected chi connectivity index (χ2v) is 13.3. The maximum atomic E-state index is 14.0. The molecule has 0 radical (unpaired) electrons. The summed E-state index contributed by atoms with van der Waals surface area (Å²) in [6.07, 6.45) is 0. The first-order valence-electron chi connectivity index (χ1n) is 15.0. The molecule has 0 spiro atoms. The van der Waals surface area contributed by atoms with Crippen molar-refractivity contribution in [3.8, 4) is 56.0 Å². The molecule has 0 saturated carbocycles. The van der Waals surface area contributed by atoms with Gasteiger partial charge >= 0.3 is 0 Å². The van der Waals surface area contributed by atoms with Crippen LogP contribution in [0.2, 0.25) is 0 Å². The van der Waals surface area contributed by atoms with Crippen molar-refractivity contribution < 1.29 is 12.8 Å². The van der Waals surface area contributed by atoms with Crippen molar-refractivity contribution in [3.05, 3.63) is 146 Å². The number of sulfone groups is 1. The molecule has 0 amide bonds. The number of rotatable bonds is 4. The quantitative estimate of drug-likeness (QED) is 0.198. The Balaban J connectivity index is 1.21. The van der Waals surface area contributed by atoms with Crippen molar-refractivity contribution in [2.75, 3.05) is 0 Å². The molecular weight excluding hydrogens is 589 g/mol. The van der Waals surface area contributed by atoms with Crippen molar-refractivity contribution in [1.29, 1.82) is 0 Å². The van der Waals surface area contributed by atoms with E-state index in [0.29, 0.717) is 38.7 Å². The summed E-state index contributed by atoms with van der Waals surface area (Å²) in [6, 6.07) is 47.2. The minimum absolute atomic E-state index is 0.257. The third-order valence-electron chi connectivity index (χ3n) is 8.68. The number of fused-ring (bicyclic) bond motifs is 6. The van der Waals surface area contributed by atoms with Crippen molar-refractivity contribution in [2.24, 2.45) is 0 Å². The lowest BCUT2D eigenvalue weighted by Gasteiger charge is -2.08. The first-order valence-corrected chi connectivity index (χ1v) is 16.5. The van der Waals surface area contributed by atoms with E-state index in [1.165, 1.54) is 0 Å². The Kier molecular flexibility index (Phi) is 5.82. The van der Waals surface area contributed by atoms with Gasteiger partial charge < -0.3 is 4.42 Å². The summed E-state index contributed by atoms with van der Waals surface area (Å²) in [7, 11) is -3.76. The van der Waals surface area contributed by atoms with Gasteiger partial charge in [0.25, 0.3) is 0 Å². The Bertz CT molecular complexity index is 2580. The predicted molar refractivity (Wildman–Crippen MR) is 182 cm³/mol. The molecule has 8 aromatic rings. The van der Waals surface area contributed by atoms with Gasteiger partial charge in [-0.15, -0.1) is 0 Å². The minimum atomic E-state index is -3.76. The first kappa shape index (κ1) is 26.5. The van der Waals surface area contributed by atoms with Crippen LogP contribution in [0.4, 0.5) is 0 Å². The van der Waals surface area contributed by atoms with E-state index in [1.807, 2.05) is 115 Å². The van der Waals surface area contributed by atoms with Crippen LogP contribution in [-0.4, -0.2) is 18.4 Å². The van der Waals surface area contributed by atoms with Gasteiger partial charge in [0.15, 0.2) is 5.82 Å². The van der Waals surface area contributed by atoms with Crippen molar-refractivity contribution in [3.63, 3.8) is 0 Å². The van der Waals surface area contributed by atoms with Gasteiger partial charge in [0.05, 0.1) is 20.9 Å². The van der Waals surface area contributed by atoms with Crippen molar-refractivity contribution in [1.82, 2.24) is 9.97 Å². The van der Waals surface area contributed by atoms with Gasteiger partial charge in [-0.25, -0.2) is 13.4 Å². The lowest BCUT2D eigenvalue weighted by molar-refractivity contribution is 0.599. The van der Waals surface area contributed by atoms with Crippen LogP contribution < -0.4 is 0 Å². The summed E-state index contributed by atoms with van der Waals surface area (Å²) in [5.41, 5.74) is 8.78. The number of hydrogen-bond donors (Lipinski definition) is 0. The van der Waals surface area contributed by atoms with Gasteiger partial charge in [-0.2, -0.15) is 4.98 Å². The average molecular weight is 613 g/mol.